The van der Waals surface area contributed by atoms with E-state index in [-0.39, 0.29) is 10.6 Å². The molecule has 0 heterocycles. The summed E-state index contributed by atoms with van der Waals surface area (Å²) in [5.41, 5.74) is 0. The van der Waals surface area contributed by atoms with Gasteiger partial charge in [0.15, 0.2) is 0 Å². The van der Waals surface area contributed by atoms with Gasteiger partial charge < -0.3 is 0 Å². The molecule has 0 aromatic heterocycles. The van der Waals surface area contributed by atoms with E-state index in [1.807, 2.05) is 0 Å². The SMILES string of the molecule is CCCCC[CH]([Fe])C(C)=O. The summed E-state index contributed by atoms with van der Waals surface area (Å²) in [5, 5.41) is 0. The molecule has 0 aliphatic carbocycles. The van der Waals surface area contributed by atoms with E-state index in [2.05, 4.69) is 22.9 Å². The van der Waals surface area contributed by atoms with Crippen molar-refractivity contribution in [1.29, 1.82) is 0 Å². The molecule has 1 atom stereocenters. The molecule has 0 rings (SSSR count). The van der Waals surface area contributed by atoms with Gasteiger partial charge in [0.25, 0.3) is 0 Å². The Labute approximate surface area is 71.4 Å². The van der Waals surface area contributed by atoms with Gasteiger partial charge in [-0.05, 0) is 0 Å². The average molecular weight is 183 g/mol. The zero-order chi connectivity index (χ0) is 7.98. The number of Topliss-reactive ketones (excluding diaryl/α,β-unsaturated/α-hetero) is 1. The van der Waals surface area contributed by atoms with E-state index in [0.29, 0.717) is 0 Å². The van der Waals surface area contributed by atoms with Gasteiger partial charge in [-0.2, -0.15) is 0 Å². The van der Waals surface area contributed by atoms with Gasteiger partial charge in [0.2, 0.25) is 0 Å². The first-order valence-corrected chi connectivity index (χ1v) is 4.45. The zero-order valence-corrected chi connectivity index (χ0v) is 7.77. The van der Waals surface area contributed by atoms with E-state index in [9.17, 15) is 4.79 Å². The average Bonchev–Trinajstić information content (AvgIpc) is 1.88. The summed E-state index contributed by atoms with van der Waals surface area (Å²) >= 11 is 3.76. The predicted octanol–water partition coefficient (Wildman–Crippen LogP) is 2.49. The maximum absolute atomic E-state index is 10.7. The molecule has 0 aromatic carbocycles. The summed E-state index contributed by atoms with van der Waals surface area (Å²) in [6.07, 6.45) is 4.54. The Hall–Kier alpha value is 0.189. The Morgan fingerprint density at radius 3 is 2.50 bits per heavy atom. The molecule has 0 bridgehead atoms. The van der Waals surface area contributed by atoms with Gasteiger partial charge in [-0.25, -0.2) is 0 Å². The Balaban J connectivity index is 3.21. The van der Waals surface area contributed by atoms with Gasteiger partial charge >= 0.3 is 70.9 Å². The first kappa shape index (κ1) is 10.2. The number of hydrogen-bond acceptors (Lipinski definition) is 1. The second kappa shape index (κ2) is 5.94. The number of carbonyl (C=O) groups is 1. The van der Waals surface area contributed by atoms with Crippen LogP contribution in [-0.2, 0) is 20.8 Å². The Bertz CT molecular complexity index is 101. The van der Waals surface area contributed by atoms with Crippen LogP contribution in [0.5, 0.6) is 0 Å². The molecule has 0 aromatic rings. The summed E-state index contributed by atoms with van der Waals surface area (Å²) in [7, 11) is 0. The molecule has 0 aliphatic rings. The molecule has 1 nitrogen and oxygen atoms in total. The van der Waals surface area contributed by atoms with E-state index >= 15 is 0 Å². The molecule has 0 radical (unpaired) electrons. The van der Waals surface area contributed by atoms with Crippen molar-refractivity contribution in [1.82, 2.24) is 0 Å². The first-order chi connectivity index (χ1) is 4.68. The minimum absolute atomic E-state index is 0.0338. The van der Waals surface area contributed by atoms with Crippen LogP contribution in [-0.4, -0.2) is 5.78 Å². The van der Waals surface area contributed by atoms with Crippen molar-refractivity contribution in [2.75, 3.05) is 0 Å². The van der Waals surface area contributed by atoms with Crippen LogP contribution in [0.1, 0.15) is 39.5 Å². The van der Waals surface area contributed by atoms with Gasteiger partial charge in [-0.3, -0.25) is 0 Å². The van der Waals surface area contributed by atoms with E-state index in [1.165, 1.54) is 12.8 Å². The molecule has 0 fully saturated rings. The summed E-state index contributed by atoms with van der Waals surface area (Å²) < 4.78 is 0. The quantitative estimate of drug-likeness (QED) is 0.472. The predicted molar refractivity (Wildman–Crippen MR) is 38.6 cm³/mol. The summed E-state index contributed by atoms with van der Waals surface area (Å²) in [4.78, 5) is 10.7. The van der Waals surface area contributed by atoms with Gasteiger partial charge in [0.05, 0.1) is 0 Å². The van der Waals surface area contributed by atoms with E-state index < -0.39 is 0 Å². The third-order valence-electron chi connectivity index (χ3n) is 1.49. The van der Waals surface area contributed by atoms with Crippen LogP contribution in [0.2, 0.25) is 4.82 Å². The number of ketones is 1. The van der Waals surface area contributed by atoms with Crippen molar-refractivity contribution in [2.24, 2.45) is 0 Å². The molecule has 61 valence electrons. The normalized spacial score (nSPS) is 13.1. The van der Waals surface area contributed by atoms with Gasteiger partial charge in [-0.15, -0.1) is 0 Å². The molecule has 0 spiro atoms. The summed E-state index contributed by atoms with van der Waals surface area (Å²) in [6.45, 7) is 3.77. The van der Waals surface area contributed by atoms with Crippen LogP contribution in [0.25, 0.3) is 0 Å². The van der Waals surface area contributed by atoms with Crippen LogP contribution in [0.15, 0.2) is 0 Å². The molecule has 0 aliphatic heterocycles. The van der Waals surface area contributed by atoms with E-state index in [1.54, 1.807) is 6.92 Å². The fraction of sp³-hybridized carbons (Fsp3) is 0.875. The second-order valence-electron chi connectivity index (χ2n) is 2.56. The number of hydrogen-bond donors (Lipinski definition) is 0. The fourth-order valence-corrected chi connectivity index (χ4v) is 0.997. The van der Waals surface area contributed by atoms with Crippen LogP contribution in [0, 0.1) is 0 Å². The standard InChI is InChI=1S/C8H15O.Fe/c1-3-4-5-6-7-8(2)9;/h7H,3-6H2,1-2H3;. The Morgan fingerprint density at radius 2 is 2.10 bits per heavy atom. The molecule has 2 heteroatoms. The van der Waals surface area contributed by atoms with Crippen molar-refractivity contribution >= 4 is 5.78 Å². The molecule has 0 saturated carbocycles. The third-order valence-corrected chi connectivity index (χ3v) is 2.25. The molecule has 10 heavy (non-hydrogen) atoms. The second-order valence-corrected chi connectivity index (χ2v) is 3.33. The first-order valence-electron chi connectivity index (χ1n) is 3.81. The van der Waals surface area contributed by atoms with Crippen LogP contribution < -0.4 is 0 Å². The van der Waals surface area contributed by atoms with Gasteiger partial charge in [-0.1, -0.05) is 0 Å². The van der Waals surface area contributed by atoms with Gasteiger partial charge in [0.1, 0.15) is 0 Å². The molecule has 0 saturated heterocycles. The molecular formula is C8H15FeO. The van der Waals surface area contributed by atoms with Crippen molar-refractivity contribution in [3.8, 4) is 0 Å². The van der Waals surface area contributed by atoms with E-state index in [4.69, 9.17) is 0 Å². The minimum atomic E-state index is 0.0338. The van der Waals surface area contributed by atoms with Crippen molar-refractivity contribution in [3.05, 3.63) is 0 Å². The Morgan fingerprint density at radius 1 is 1.50 bits per heavy atom. The van der Waals surface area contributed by atoms with Crippen LogP contribution in [0.4, 0.5) is 0 Å². The van der Waals surface area contributed by atoms with Gasteiger partial charge in [0, 0.05) is 0 Å². The van der Waals surface area contributed by atoms with Crippen molar-refractivity contribution in [3.63, 3.8) is 0 Å². The van der Waals surface area contributed by atoms with Crippen molar-refractivity contribution in [2.45, 2.75) is 44.3 Å². The maximum atomic E-state index is 10.7. The number of carbonyl (C=O) groups excluding carboxylic acids is 1. The number of rotatable bonds is 5. The molecule has 1 unspecified atom stereocenters. The molecule has 0 amide bonds. The van der Waals surface area contributed by atoms with Crippen molar-refractivity contribution < 1.29 is 20.8 Å². The Kier molecular flexibility index (Phi) is 6.05. The summed E-state index contributed by atoms with van der Waals surface area (Å²) in [6, 6.07) is 0. The fourth-order valence-electron chi connectivity index (χ4n) is 0.772. The topological polar surface area (TPSA) is 17.1 Å². The third kappa shape index (κ3) is 5.01. The van der Waals surface area contributed by atoms with E-state index in [0.717, 1.165) is 12.8 Å². The zero-order valence-electron chi connectivity index (χ0n) is 6.67. The summed E-state index contributed by atoms with van der Waals surface area (Å²) in [5.74, 6) is 0.219. The number of unbranched alkanes of at least 4 members (excludes halogenated alkanes) is 2. The monoisotopic (exact) mass is 183 g/mol. The molecule has 0 N–H and O–H groups in total. The molecular weight excluding hydrogens is 168 g/mol. The van der Waals surface area contributed by atoms with Crippen LogP contribution in [0.3, 0.4) is 0 Å². The van der Waals surface area contributed by atoms with Crippen LogP contribution >= 0.6 is 0 Å².